The van der Waals surface area contributed by atoms with Crippen LogP contribution in [0.1, 0.15) is 123 Å². The van der Waals surface area contributed by atoms with E-state index in [1.54, 1.807) is 11.1 Å². The van der Waals surface area contributed by atoms with Crippen molar-refractivity contribution in [3.8, 4) is 0 Å². The predicted molar refractivity (Wildman–Crippen MR) is 214 cm³/mol. The molecule has 1 aliphatic carbocycles. The molecule has 0 amide bonds. The third-order valence-corrected chi connectivity index (χ3v) is 10.9. The van der Waals surface area contributed by atoms with Crippen LogP contribution in [0.3, 0.4) is 0 Å². The molecule has 0 aliphatic heterocycles. The van der Waals surface area contributed by atoms with E-state index in [0.717, 1.165) is 0 Å². The van der Waals surface area contributed by atoms with E-state index in [1.165, 1.54) is 110 Å². The van der Waals surface area contributed by atoms with Crippen LogP contribution in [-0.4, -0.2) is 3.21 Å². The van der Waals surface area contributed by atoms with Crippen LogP contribution in [0.2, 0.25) is 0 Å². The summed E-state index contributed by atoms with van der Waals surface area (Å²) in [4.78, 5) is 0. The van der Waals surface area contributed by atoms with Crippen molar-refractivity contribution in [1.82, 2.24) is 0 Å². The molecule has 0 radical (unpaired) electrons. The van der Waals surface area contributed by atoms with Crippen molar-refractivity contribution in [2.75, 3.05) is 0 Å². The summed E-state index contributed by atoms with van der Waals surface area (Å²) in [6.45, 7) is 20.4. The molecule has 254 valence electrons. The number of rotatable bonds is 8. The van der Waals surface area contributed by atoms with E-state index in [4.69, 9.17) is 0 Å². The number of hydrogen-bond acceptors (Lipinski definition) is 0. The van der Waals surface area contributed by atoms with E-state index in [-0.39, 0.29) is 10.8 Å². The van der Waals surface area contributed by atoms with Gasteiger partial charge in [0, 0.05) is 0 Å². The molecule has 1 unspecified atom stereocenters. The normalized spacial score (nSPS) is 14.5. The zero-order valence-electron chi connectivity index (χ0n) is 31.7. The first-order valence-electron chi connectivity index (χ1n) is 18.5. The van der Waals surface area contributed by atoms with Crippen molar-refractivity contribution in [1.29, 1.82) is 0 Å². The summed E-state index contributed by atoms with van der Waals surface area (Å²) in [7, 11) is 0. The molecule has 5 aromatic rings. The standard InChI is InChI=1S/C21H25.C14H23.C13H10.Zr/c1-20(2,3)16-7-9-18-14(12-16)11-15-13-17(21(4,5)6)8-10-19(15)18;1-4-7-12-10-11-13(8-5-2)14(12)9-6-3;1-3-7-12(8-4-1)11-13-9-5-2-6-10-13;/h7-13H,1-6H3;10,13H,4-9H2,1-3H3;1-10H;/q2*-1;;+2. The summed E-state index contributed by atoms with van der Waals surface area (Å²) < 4.78 is 1.42. The molecule has 0 saturated heterocycles. The Morgan fingerprint density at radius 1 is 0.633 bits per heavy atom. The molecule has 5 aromatic carbocycles. The molecule has 0 bridgehead atoms. The van der Waals surface area contributed by atoms with Crippen LogP contribution in [-0.2, 0) is 35.1 Å². The number of hydrogen-bond donors (Lipinski definition) is 0. The summed E-state index contributed by atoms with van der Waals surface area (Å²) in [5.74, 6) is 0.654. The van der Waals surface area contributed by atoms with Crippen LogP contribution in [0.15, 0.2) is 120 Å². The average molecular weight is 726 g/mol. The van der Waals surface area contributed by atoms with Gasteiger partial charge in [-0.2, -0.15) is 11.1 Å². The molecule has 1 heteroatoms. The van der Waals surface area contributed by atoms with E-state index in [0.29, 0.717) is 5.92 Å². The second-order valence-corrected chi connectivity index (χ2v) is 16.8. The minimum absolute atomic E-state index is 0.203. The molecule has 6 rings (SSSR count). The van der Waals surface area contributed by atoms with Crippen LogP contribution in [0, 0.1) is 12.0 Å². The van der Waals surface area contributed by atoms with E-state index >= 15 is 0 Å². The van der Waals surface area contributed by atoms with E-state index < -0.39 is 0 Å². The quantitative estimate of drug-likeness (QED) is 0.140. The first-order valence-corrected chi connectivity index (χ1v) is 19.7. The minimum atomic E-state index is 0.203. The third-order valence-electron chi connectivity index (χ3n) is 9.47. The van der Waals surface area contributed by atoms with E-state index in [9.17, 15) is 0 Å². The third kappa shape index (κ3) is 10.5. The molecule has 0 N–H and O–H groups in total. The van der Waals surface area contributed by atoms with Gasteiger partial charge in [-0.25, -0.2) is 6.08 Å². The maximum atomic E-state index is 3.53. The number of benzene rings is 4. The van der Waals surface area contributed by atoms with E-state index in [1.807, 2.05) is 0 Å². The van der Waals surface area contributed by atoms with Crippen LogP contribution in [0.25, 0.3) is 21.5 Å². The molecule has 0 nitrogen and oxygen atoms in total. The Morgan fingerprint density at radius 3 is 1.51 bits per heavy atom. The van der Waals surface area contributed by atoms with Gasteiger partial charge >= 0.3 is 99.2 Å². The second kappa shape index (κ2) is 17.8. The Kier molecular flexibility index (Phi) is 14.1. The molecule has 0 heterocycles. The van der Waals surface area contributed by atoms with Crippen LogP contribution >= 0.6 is 0 Å². The van der Waals surface area contributed by atoms with Gasteiger partial charge in [-0.15, -0.1) is 39.7 Å². The fourth-order valence-corrected chi connectivity index (χ4v) is 7.42. The predicted octanol–water partition coefficient (Wildman–Crippen LogP) is 13.8. The Morgan fingerprint density at radius 2 is 1.10 bits per heavy atom. The van der Waals surface area contributed by atoms with Crippen LogP contribution in [0.5, 0.6) is 0 Å². The van der Waals surface area contributed by atoms with Gasteiger partial charge in [0.05, 0.1) is 0 Å². The SMILES string of the molecule is CC(C)(C)c1ccc2c(c1)[cH-]c1cc(C(C)(C)C)ccc12.CCCC1=C(CCC)C(CCC)[C-]=C1.[Zr+2]=[C](c1ccccc1)c1ccccc1. The topological polar surface area (TPSA) is 0 Å². The summed E-state index contributed by atoms with van der Waals surface area (Å²) in [5.41, 5.74) is 9.16. The Balaban J connectivity index is 0.000000172. The van der Waals surface area contributed by atoms with Gasteiger partial charge in [0.2, 0.25) is 0 Å². The Hall–Kier alpha value is -3.02. The first-order chi connectivity index (χ1) is 23.4. The summed E-state index contributed by atoms with van der Waals surface area (Å²) in [6.07, 6.45) is 13.4. The Labute approximate surface area is 313 Å². The number of fused-ring (bicyclic) bond motifs is 3. The van der Waals surface area contributed by atoms with Gasteiger partial charge in [0.25, 0.3) is 0 Å². The summed E-state index contributed by atoms with van der Waals surface area (Å²) in [5, 5.41) is 5.48. The molecule has 0 saturated carbocycles. The van der Waals surface area contributed by atoms with Gasteiger partial charge in [0.15, 0.2) is 0 Å². The maximum absolute atomic E-state index is 3.53. The molecule has 1 atom stereocenters. The monoisotopic (exact) mass is 724 g/mol. The van der Waals surface area contributed by atoms with Gasteiger partial charge in [-0.1, -0.05) is 136 Å². The summed E-state index contributed by atoms with van der Waals surface area (Å²) >= 11 is 1.46. The van der Waals surface area contributed by atoms with Gasteiger partial charge < -0.3 is 0 Å². The van der Waals surface area contributed by atoms with Crippen molar-refractivity contribution in [3.63, 3.8) is 0 Å². The summed E-state index contributed by atoms with van der Waals surface area (Å²) in [6, 6.07) is 37.3. The van der Waals surface area contributed by atoms with Crippen LogP contribution < -0.4 is 0 Å². The Bertz CT molecular complexity index is 1740. The molecule has 1 aliphatic rings. The van der Waals surface area contributed by atoms with Crippen molar-refractivity contribution < 1.29 is 24.2 Å². The zero-order valence-corrected chi connectivity index (χ0v) is 34.2. The van der Waals surface area contributed by atoms with Crippen LogP contribution in [0.4, 0.5) is 0 Å². The molecular formula is C48H58Zr. The van der Waals surface area contributed by atoms with E-state index in [2.05, 4.69) is 178 Å². The zero-order chi connectivity index (χ0) is 35.6. The van der Waals surface area contributed by atoms with Gasteiger partial charge in [-0.05, 0) is 17.3 Å². The fraction of sp³-hybridized carbons (Fsp3) is 0.375. The van der Waals surface area contributed by atoms with Gasteiger partial charge in [0.1, 0.15) is 0 Å². The molecule has 0 spiro atoms. The van der Waals surface area contributed by atoms with Crippen molar-refractivity contribution in [2.24, 2.45) is 5.92 Å². The second-order valence-electron chi connectivity index (χ2n) is 15.6. The fourth-order valence-electron chi connectivity index (χ4n) is 6.60. The van der Waals surface area contributed by atoms with Gasteiger partial charge in [-0.3, -0.25) is 6.08 Å². The molecule has 49 heavy (non-hydrogen) atoms. The first kappa shape index (κ1) is 38.8. The van der Waals surface area contributed by atoms with Crippen molar-refractivity contribution >= 4 is 24.8 Å². The molecular weight excluding hydrogens is 668 g/mol. The average Bonchev–Trinajstić information content (AvgIpc) is 3.65. The number of allylic oxidation sites excluding steroid dienone is 4. The van der Waals surface area contributed by atoms with Crippen molar-refractivity contribution in [3.05, 3.63) is 149 Å². The van der Waals surface area contributed by atoms with Crippen molar-refractivity contribution in [2.45, 2.75) is 112 Å². The molecule has 0 aromatic heterocycles. The molecule has 0 fully saturated rings.